The first-order chi connectivity index (χ1) is 11.2. The fraction of sp³-hybridized carbons (Fsp3) is 0.222. The van der Waals surface area contributed by atoms with Gasteiger partial charge in [0, 0.05) is 5.38 Å². The van der Waals surface area contributed by atoms with E-state index < -0.39 is 5.97 Å². The van der Waals surface area contributed by atoms with Gasteiger partial charge in [-0.3, -0.25) is 4.79 Å². The van der Waals surface area contributed by atoms with E-state index in [9.17, 15) is 4.79 Å². The molecule has 0 saturated carbocycles. The summed E-state index contributed by atoms with van der Waals surface area (Å²) in [5, 5.41) is 13.7. The Bertz CT molecular complexity index is 841. The van der Waals surface area contributed by atoms with Gasteiger partial charge in [0.1, 0.15) is 10.8 Å². The Morgan fingerprint density at radius 2 is 2.09 bits per heavy atom. The number of aromatic nitrogens is 1. The molecule has 2 aromatic carbocycles. The lowest BCUT2D eigenvalue weighted by Gasteiger charge is -2.12. The molecule has 1 heterocycles. The number of thiazole rings is 1. The minimum atomic E-state index is -0.873. The van der Waals surface area contributed by atoms with Crippen LogP contribution in [0, 0.1) is 0 Å². The molecule has 3 rings (SSSR count). The summed E-state index contributed by atoms with van der Waals surface area (Å²) in [7, 11) is 0. The maximum atomic E-state index is 10.9. The Labute approximate surface area is 138 Å². The van der Waals surface area contributed by atoms with Crippen molar-refractivity contribution in [2.24, 2.45) is 0 Å². The van der Waals surface area contributed by atoms with Gasteiger partial charge in [-0.2, -0.15) is 0 Å². The summed E-state index contributed by atoms with van der Waals surface area (Å²) in [6.45, 7) is 2.70. The Morgan fingerprint density at radius 3 is 2.87 bits per heavy atom. The molecule has 3 aromatic rings. The van der Waals surface area contributed by atoms with Crippen LogP contribution in [-0.2, 0) is 11.2 Å². The van der Waals surface area contributed by atoms with Gasteiger partial charge >= 0.3 is 5.97 Å². The molecule has 0 atom stereocenters. The third-order valence-corrected chi connectivity index (χ3v) is 4.36. The van der Waals surface area contributed by atoms with Gasteiger partial charge in [0.2, 0.25) is 0 Å². The summed E-state index contributed by atoms with van der Waals surface area (Å²) >= 11 is 1.45. The molecule has 118 valence electrons. The van der Waals surface area contributed by atoms with Gasteiger partial charge in [-0.15, -0.1) is 11.3 Å². The number of fused-ring (bicyclic) bond motifs is 1. The Balaban J connectivity index is 2.12. The first-order valence-corrected chi connectivity index (χ1v) is 8.38. The van der Waals surface area contributed by atoms with Crippen molar-refractivity contribution in [2.75, 3.05) is 6.61 Å². The number of carboxylic acid groups (broad SMARTS) is 1. The molecule has 0 bridgehead atoms. The van der Waals surface area contributed by atoms with Crippen molar-refractivity contribution in [2.45, 2.75) is 19.8 Å². The number of carbonyl (C=O) groups is 1. The molecule has 1 aromatic heterocycles. The van der Waals surface area contributed by atoms with Gasteiger partial charge in [0.25, 0.3) is 0 Å². The van der Waals surface area contributed by atoms with Gasteiger partial charge in [0.15, 0.2) is 0 Å². The van der Waals surface area contributed by atoms with E-state index in [0.29, 0.717) is 12.3 Å². The largest absolute Gasteiger partial charge is 0.493 e. The molecular formula is C18H17NO3S. The Hall–Kier alpha value is -2.40. The van der Waals surface area contributed by atoms with Gasteiger partial charge in [-0.1, -0.05) is 37.3 Å². The first kappa shape index (κ1) is 15.5. The number of ether oxygens (including phenoxy) is 1. The average molecular weight is 327 g/mol. The maximum absolute atomic E-state index is 10.9. The van der Waals surface area contributed by atoms with E-state index in [4.69, 9.17) is 9.84 Å². The third kappa shape index (κ3) is 3.35. The first-order valence-electron chi connectivity index (χ1n) is 7.50. The van der Waals surface area contributed by atoms with E-state index in [1.165, 1.54) is 11.3 Å². The number of hydrogen-bond acceptors (Lipinski definition) is 4. The summed E-state index contributed by atoms with van der Waals surface area (Å²) in [5.74, 6) is -0.0796. The standard InChI is InChI=1S/C18H17NO3S/c1-2-9-22-15-8-7-12-5-3-4-6-14(12)17(15)18-19-13(11-23-18)10-16(20)21/h3-8,11H,2,9-10H2,1H3,(H,20,21). The van der Waals surface area contributed by atoms with Crippen molar-refractivity contribution < 1.29 is 14.6 Å². The van der Waals surface area contributed by atoms with E-state index in [0.717, 1.165) is 33.5 Å². The van der Waals surface area contributed by atoms with E-state index >= 15 is 0 Å². The molecule has 23 heavy (non-hydrogen) atoms. The summed E-state index contributed by atoms with van der Waals surface area (Å²) < 4.78 is 5.89. The summed E-state index contributed by atoms with van der Waals surface area (Å²) in [6.07, 6.45) is 0.862. The van der Waals surface area contributed by atoms with Crippen molar-refractivity contribution in [3.63, 3.8) is 0 Å². The smallest absolute Gasteiger partial charge is 0.309 e. The number of hydrogen-bond donors (Lipinski definition) is 1. The quantitative estimate of drug-likeness (QED) is 0.730. The van der Waals surface area contributed by atoms with Crippen LogP contribution in [0.1, 0.15) is 19.0 Å². The summed E-state index contributed by atoms with van der Waals surface area (Å²) in [6, 6.07) is 12.1. The lowest BCUT2D eigenvalue weighted by Crippen LogP contribution is -2.00. The minimum Gasteiger partial charge on any atom is -0.493 e. The Kier molecular flexibility index (Phi) is 4.57. The van der Waals surface area contributed by atoms with Crippen LogP contribution in [-0.4, -0.2) is 22.7 Å². The second kappa shape index (κ2) is 6.79. The number of nitrogens with zero attached hydrogens (tertiary/aromatic N) is 1. The SMILES string of the molecule is CCCOc1ccc2ccccc2c1-c1nc(CC(=O)O)cs1. The highest BCUT2D eigenvalue weighted by atomic mass is 32.1. The Morgan fingerprint density at radius 1 is 1.26 bits per heavy atom. The fourth-order valence-corrected chi connectivity index (χ4v) is 3.34. The van der Waals surface area contributed by atoms with Crippen molar-refractivity contribution in [3.05, 3.63) is 47.5 Å². The molecule has 0 fully saturated rings. The molecule has 0 radical (unpaired) electrons. The van der Waals surface area contributed by atoms with Crippen LogP contribution in [0.15, 0.2) is 41.8 Å². The second-order valence-electron chi connectivity index (χ2n) is 5.22. The lowest BCUT2D eigenvalue weighted by atomic mass is 10.0. The molecule has 1 N–H and O–H groups in total. The normalized spacial score (nSPS) is 10.8. The third-order valence-electron chi connectivity index (χ3n) is 3.45. The highest BCUT2D eigenvalue weighted by Gasteiger charge is 2.15. The monoisotopic (exact) mass is 327 g/mol. The van der Waals surface area contributed by atoms with Gasteiger partial charge in [-0.25, -0.2) is 4.98 Å². The van der Waals surface area contributed by atoms with Crippen LogP contribution in [0.4, 0.5) is 0 Å². The van der Waals surface area contributed by atoms with Gasteiger partial charge in [0.05, 0.1) is 24.3 Å². The fourth-order valence-electron chi connectivity index (χ4n) is 2.46. The van der Waals surface area contributed by atoms with Crippen LogP contribution in [0.3, 0.4) is 0 Å². The highest BCUT2D eigenvalue weighted by molar-refractivity contribution is 7.13. The van der Waals surface area contributed by atoms with E-state index in [-0.39, 0.29) is 6.42 Å². The lowest BCUT2D eigenvalue weighted by molar-refractivity contribution is -0.136. The summed E-state index contributed by atoms with van der Waals surface area (Å²) in [4.78, 5) is 15.4. The molecule has 0 aliphatic rings. The second-order valence-corrected chi connectivity index (χ2v) is 6.08. The average Bonchev–Trinajstić information content (AvgIpc) is 2.99. The maximum Gasteiger partial charge on any atom is 0.309 e. The molecule has 0 saturated heterocycles. The highest BCUT2D eigenvalue weighted by Crippen LogP contribution is 2.38. The number of rotatable bonds is 6. The molecule has 0 aliphatic heterocycles. The zero-order chi connectivity index (χ0) is 16.2. The van der Waals surface area contributed by atoms with Gasteiger partial charge in [-0.05, 0) is 23.3 Å². The van der Waals surface area contributed by atoms with E-state index in [1.807, 2.05) is 36.4 Å². The molecule has 5 heteroatoms. The predicted octanol–water partition coefficient (Wildman–Crippen LogP) is 4.38. The van der Waals surface area contributed by atoms with Crippen molar-refractivity contribution in [1.82, 2.24) is 4.98 Å². The van der Waals surface area contributed by atoms with Crippen LogP contribution < -0.4 is 4.74 Å². The molecule has 0 unspecified atom stereocenters. The van der Waals surface area contributed by atoms with Crippen molar-refractivity contribution in [3.8, 4) is 16.3 Å². The number of benzene rings is 2. The minimum absolute atomic E-state index is 0.0631. The molecular weight excluding hydrogens is 310 g/mol. The number of aliphatic carboxylic acids is 1. The van der Waals surface area contributed by atoms with Crippen molar-refractivity contribution in [1.29, 1.82) is 0 Å². The van der Waals surface area contributed by atoms with Crippen LogP contribution in [0.5, 0.6) is 5.75 Å². The van der Waals surface area contributed by atoms with E-state index in [2.05, 4.69) is 11.9 Å². The molecule has 4 nitrogen and oxygen atoms in total. The van der Waals surface area contributed by atoms with Gasteiger partial charge < -0.3 is 9.84 Å². The summed E-state index contributed by atoms with van der Waals surface area (Å²) in [5.41, 5.74) is 1.52. The molecule has 0 aliphatic carbocycles. The van der Waals surface area contributed by atoms with Crippen LogP contribution in [0.2, 0.25) is 0 Å². The zero-order valence-electron chi connectivity index (χ0n) is 12.8. The molecule has 0 amide bonds. The van der Waals surface area contributed by atoms with Crippen molar-refractivity contribution >= 4 is 28.1 Å². The number of carboxylic acids is 1. The predicted molar refractivity (Wildman–Crippen MR) is 92.2 cm³/mol. The van der Waals surface area contributed by atoms with Crippen LogP contribution >= 0.6 is 11.3 Å². The van der Waals surface area contributed by atoms with E-state index in [1.54, 1.807) is 5.38 Å². The van der Waals surface area contributed by atoms with Crippen LogP contribution in [0.25, 0.3) is 21.3 Å². The molecule has 0 spiro atoms. The zero-order valence-corrected chi connectivity index (χ0v) is 13.6. The topological polar surface area (TPSA) is 59.4 Å².